The lowest BCUT2D eigenvalue weighted by Gasteiger charge is -2.33. The van der Waals surface area contributed by atoms with Gasteiger partial charge in [0.25, 0.3) is 5.91 Å². The van der Waals surface area contributed by atoms with Gasteiger partial charge in [-0.25, -0.2) is 9.69 Å². The second kappa shape index (κ2) is 6.70. The number of carbonyl (C=O) groups excluding carboxylic acids is 4. The van der Waals surface area contributed by atoms with E-state index >= 15 is 0 Å². The van der Waals surface area contributed by atoms with E-state index in [0.29, 0.717) is 31.1 Å². The van der Waals surface area contributed by atoms with Gasteiger partial charge in [-0.15, -0.1) is 11.3 Å². The summed E-state index contributed by atoms with van der Waals surface area (Å²) in [6, 6.07) is 3.11. The maximum absolute atomic E-state index is 12.3. The minimum absolute atomic E-state index is 0.0183. The summed E-state index contributed by atoms with van der Waals surface area (Å²) in [6.45, 7) is 4.41. The molecule has 0 spiro atoms. The highest BCUT2D eigenvalue weighted by atomic mass is 32.1. The molecule has 3 heterocycles. The van der Waals surface area contributed by atoms with Crippen LogP contribution < -0.4 is 4.90 Å². The lowest BCUT2D eigenvalue weighted by molar-refractivity contribution is -0.911. The van der Waals surface area contributed by atoms with Crippen molar-refractivity contribution in [3.05, 3.63) is 22.4 Å². The highest BCUT2D eigenvalue weighted by Gasteiger charge is 2.45. The molecule has 0 bridgehead atoms. The fourth-order valence-electron chi connectivity index (χ4n) is 2.93. The third-order valence-electron chi connectivity index (χ3n) is 4.32. The van der Waals surface area contributed by atoms with Crippen LogP contribution in [0.2, 0.25) is 0 Å². The molecule has 0 saturated carbocycles. The van der Waals surface area contributed by atoms with E-state index in [9.17, 15) is 19.2 Å². The molecule has 1 aromatic rings. The molecule has 1 aromatic heterocycles. The predicted molar refractivity (Wildman–Crippen MR) is 85.4 cm³/mol. The average molecular weight is 351 g/mol. The molecule has 0 aliphatic carbocycles. The van der Waals surface area contributed by atoms with Crippen LogP contribution in [0.1, 0.15) is 16.6 Å². The molecule has 0 radical (unpaired) electrons. The zero-order chi connectivity index (χ0) is 17.3. The number of piperazine rings is 1. The quantitative estimate of drug-likeness (QED) is 0.549. The number of carbonyl (C=O) groups is 4. The Hall–Kier alpha value is -2.26. The third kappa shape index (κ3) is 2.92. The van der Waals surface area contributed by atoms with Gasteiger partial charge in [0.1, 0.15) is 0 Å². The monoisotopic (exact) mass is 351 g/mol. The Morgan fingerprint density at radius 2 is 1.83 bits per heavy atom. The average Bonchev–Trinajstić information content (AvgIpc) is 3.19. The zero-order valence-electron chi connectivity index (χ0n) is 13.4. The van der Waals surface area contributed by atoms with E-state index in [4.69, 9.17) is 0 Å². The normalized spacial score (nSPS) is 19.5. The van der Waals surface area contributed by atoms with Crippen LogP contribution in [0.3, 0.4) is 0 Å². The molecule has 3 rings (SSSR count). The SMILES string of the molecule is CCN1C(=O)C(=O)N(C[NH+]2CCN(C(=O)c3cccs3)CC2)C1=O. The smallest absolute Gasteiger partial charge is 0.327 e. The van der Waals surface area contributed by atoms with Crippen molar-refractivity contribution in [2.75, 3.05) is 39.4 Å². The molecule has 5 amide bonds. The van der Waals surface area contributed by atoms with Crippen molar-refractivity contribution in [2.24, 2.45) is 0 Å². The summed E-state index contributed by atoms with van der Waals surface area (Å²) >= 11 is 1.42. The maximum atomic E-state index is 12.3. The molecule has 2 aliphatic rings. The number of rotatable bonds is 4. The molecule has 0 aromatic carbocycles. The molecule has 24 heavy (non-hydrogen) atoms. The Balaban J connectivity index is 1.56. The number of amides is 5. The number of hydrogen-bond donors (Lipinski definition) is 1. The fourth-order valence-corrected chi connectivity index (χ4v) is 3.62. The van der Waals surface area contributed by atoms with Gasteiger partial charge in [-0.2, -0.15) is 0 Å². The van der Waals surface area contributed by atoms with Crippen LogP contribution in [-0.4, -0.2) is 77.8 Å². The summed E-state index contributed by atoms with van der Waals surface area (Å²) in [5, 5.41) is 1.87. The van der Waals surface area contributed by atoms with Crippen molar-refractivity contribution in [1.29, 1.82) is 0 Å². The summed E-state index contributed by atoms with van der Waals surface area (Å²) < 4.78 is 0. The van der Waals surface area contributed by atoms with Gasteiger partial charge in [0.05, 0.1) is 31.1 Å². The summed E-state index contributed by atoms with van der Waals surface area (Å²) in [6.07, 6.45) is 0. The molecule has 2 aliphatic heterocycles. The maximum Gasteiger partial charge on any atom is 0.338 e. The molecule has 8 nitrogen and oxygen atoms in total. The highest BCUT2D eigenvalue weighted by Crippen LogP contribution is 2.12. The third-order valence-corrected chi connectivity index (χ3v) is 5.18. The Bertz CT molecular complexity index is 667. The van der Waals surface area contributed by atoms with Crippen LogP contribution in [-0.2, 0) is 9.59 Å². The minimum atomic E-state index is -0.758. The van der Waals surface area contributed by atoms with Crippen molar-refractivity contribution in [3.8, 4) is 0 Å². The fraction of sp³-hybridized carbons (Fsp3) is 0.467. The van der Waals surface area contributed by atoms with Crippen LogP contribution >= 0.6 is 11.3 Å². The van der Waals surface area contributed by atoms with Crippen LogP contribution in [0, 0.1) is 0 Å². The first-order chi connectivity index (χ1) is 11.5. The van der Waals surface area contributed by atoms with E-state index in [1.807, 2.05) is 11.4 Å². The van der Waals surface area contributed by atoms with Gasteiger partial charge < -0.3 is 9.80 Å². The van der Waals surface area contributed by atoms with Crippen molar-refractivity contribution < 1.29 is 24.1 Å². The summed E-state index contributed by atoms with van der Waals surface area (Å²) in [5.41, 5.74) is 0. The lowest BCUT2D eigenvalue weighted by Crippen LogP contribution is -3.16. The second-order valence-electron chi connectivity index (χ2n) is 5.74. The molecular weight excluding hydrogens is 332 g/mol. The lowest BCUT2D eigenvalue weighted by atomic mass is 10.3. The highest BCUT2D eigenvalue weighted by molar-refractivity contribution is 7.12. The molecule has 0 atom stereocenters. The number of imide groups is 2. The number of hydrogen-bond acceptors (Lipinski definition) is 5. The molecule has 0 unspecified atom stereocenters. The minimum Gasteiger partial charge on any atom is -0.327 e. The van der Waals surface area contributed by atoms with Crippen molar-refractivity contribution in [1.82, 2.24) is 14.7 Å². The number of likely N-dealkylation sites (N-methyl/N-ethyl adjacent to an activating group) is 1. The van der Waals surface area contributed by atoms with Gasteiger partial charge >= 0.3 is 17.8 Å². The molecule has 128 valence electrons. The topological polar surface area (TPSA) is 82.4 Å². The van der Waals surface area contributed by atoms with Crippen LogP contribution in [0.4, 0.5) is 4.79 Å². The van der Waals surface area contributed by atoms with Gasteiger partial charge in [-0.05, 0) is 18.4 Å². The summed E-state index contributed by atoms with van der Waals surface area (Å²) in [5.74, 6) is -1.50. The van der Waals surface area contributed by atoms with Gasteiger partial charge in [0, 0.05) is 6.54 Å². The Labute approximate surface area is 143 Å². The van der Waals surface area contributed by atoms with Crippen molar-refractivity contribution in [2.45, 2.75) is 6.92 Å². The van der Waals surface area contributed by atoms with Gasteiger partial charge in [-0.1, -0.05) is 6.07 Å². The molecule has 2 saturated heterocycles. The van der Waals surface area contributed by atoms with E-state index in [-0.39, 0.29) is 19.1 Å². The van der Waals surface area contributed by atoms with E-state index in [1.54, 1.807) is 17.9 Å². The number of quaternary nitrogens is 1. The van der Waals surface area contributed by atoms with E-state index < -0.39 is 17.8 Å². The van der Waals surface area contributed by atoms with Crippen molar-refractivity contribution >= 4 is 35.1 Å². The summed E-state index contributed by atoms with van der Waals surface area (Å²) in [7, 11) is 0. The van der Waals surface area contributed by atoms with Gasteiger partial charge in [-0.3, -0.25) is 19.3 Å². The molecular formula is C15H19N4O4S+. The number of thiophene rings is 1. The molecule has 9 heteroatoms. The van der Waals surface area contributed by atoms with Crippen LogP contribution in [0.5, 0.6) is 0 Å². The Kier molecular flexibility index (Phi) is 4.63. The van der Waals surface area contributed by atoms with Crippen molar-refractivity contribution in [3.63, 3.8) is 0 Å². The Morgan fingerprint density at radius 1 is 1.17 bits per heavy atom. The number of urea groups is 1. The molecule has 1 N–H and O–H groups in total. The zero-order valence-corrected chi connectivity index (χ0v) is 14.2. The first-order valence-corrected chi connectivity index (χ1v) is 8.74. The predicted octanol–water partition coefficient (Wildman–Crippen LogP) is -1.14. The Morgan fingerprint density at radius 3 is 2.38 bits per heavy atom. The van der Waals surface area contributed by atoms with Crippen LogP contribution in [0.25, 0.3) is 0 Å². The number of nitrogens with zero attached hydrogens (tertiary/aromatic N) is 3. The largest absolute Gasteiger partial charge is 0.338 e. The second-order valence-corrected chi connectivity index (χ2v) is 6.69. The number of nitrogens with one attached hydrogen (secondary N) is 1. The first kappa shape index (κ1) is 16.6. The standard InChI is InChI=1S/C15H18N4O4S/c1-2-18-13(21)14(22)19(15(18)23)10-16-5-7-17(8-6-16)12(20)11-4-3-9-24-11/h3-4,9H,2,5-8,10H2,1H3/p+1. The van der Waals surface area contributed by atoms with Gasteiger partial charge in [0.2, 0.25) is 0 Å². The van der Waals surface area contributed by atoms with Gasteiger partial charge in [0.15, 0.2) is 6.67 Å². The van der Waals surface area contributed by atoms with Crippen LogP contribution in [0.15, 0.2) is 17.5 Å². The first-order valence-electron chi connectivity index (χ1n) is 7.86. The van der Waals surface area contributed by atoms with E-state index in [2.05, 4.69) is 0 Å². The molecule has 2 fully saturated rings. The summed E-state index contributed by atoms with van der Waals surface area (Å²) in [4.78, 5) is 53.5. The van der Waals surface area contributed by atoms with E-state index in [1.165, 1.54) is 11.3 Å². The van der Waals surface area contributed by atoms with E-state index in [0.717, 1.165) is 14.7 Å².